The maximum absolute atomic E-state index is 12.3. The van der Waals surface area contributed by atoms with Crippen LogP contribution in [0.15, 0.2) is 40.9 Å². The number of hydrogen-bond acceptors (Lipinski definition) is 1. The standard InChI is InChI=1S/C15H13BrINO/c1-9-5-10(2)7-12(6-9)18-15(19)13-8-11(16)3-4-14(13)17/h3-8H,1-2H3,(H,18,19). The van der Waals surface area contributed by atoms with Gasteiger partial charge in [-0.2, -0.15) is 0 Å². The predicted molar refractivity (Wildman–Crippen MR) is 90.7 cm³/mol. The molecule has 0 unspecified atom stereocenters. The van der Waals surface area contributed by atoms with Crippen molar-refractivity contribution in [3.63, 3.8) is 0 Å². The lowest BCUT2D eigenvalue weighted by atomic mass is 10.1. The van der Waals surface area contributed by atoms with Crippen molar-refractivity contribution in [3.8, 4) is 0 Å². The molecule has 0 atom stereocenters. The van der Waals surface area contributed by atoms with E-state index in [4.69, 9.17) is 0 Å². The van der Waals surface area contributed by atoms with E-state index in [0.717, 1.165) is 24.9 Å². The quantitative estimate of drug-likeness (QED) is 0.674. The third-order valence-corrected chi connectivity index (χ3v) is 4.09. The molecule has 0 aliphatic carbocycles. The number of benzene rings is 2. The molecule has 0 fully saturated rings. The van der Waals surface area contributed by atoms with Gasteiger partial charge in [0.2, 0.25) is 0 Å². The van der Waals surface area contributed by atoms with E-state index in [0.29, 0.717) is 5.56 Å². The van der Waals surface area contributed by atoms with Crippen molar-refractivity contribution in [1.82, 2.24) is 0 Å². The van der Waals surface area contributed by atoms with Crippen LogP contribution < -0.4 is 5.32 Å². The normalized spacial score (nSPS) is 10.3. The second-order valence-electron chi connectivity index (χ2n) is 4.45. The summed E-state index contributed by atoms with van der Waals surface area (Å²) in [6.45, 7) is 4.04. The Kier molecular flexibility index (Phi) is 4.62. The summed E-state index contributed by atoms with van der Waals surface area (Å²) in [4.78, 5) is 12.3. The number of rotatable bonds is 2. The number of amides is 1. The van der Waals surface area contributed by atoms with Crippen molar-refractivity contribution >= 4 is 50.1 Å². The average molecular weight is 430 g/mol. The smallest absolute Gasteiger partial charge is 0.256 e. The highest BCUT2D eigenvalue weighted by Crippen LogP contribution is 2.20. The van der Waals surface area contributed by atoms with Crippen LogP contribution in [0.3, 0.4) is 0 Å². The number of carbonyl (C=O) groups excluding carboxylic acids is 1. The molecule has 19 heavy (non-hydrogen) atoms. The van der Waals surface area contributed by atoms with Crippen LogP contribution in [-0.4, -0.2) is 5.91 Å². The van der Waals surface area contributed by atoms with Crippen LogP contribution in [0.25, 0.3) is 0 Å². The first-order valence-corrected chi connectivity index (χ1v) is 7.67. The number of nitrogens with one attached hydrogen (secondary N) is 1. The molecular weight excluding hydrogens is 417 g/mol. The van der Waals surface area contributed by atoms with E-state index in [1.54, 1.807) is 0 Å². The van der Waals surface area contributed by atoms with Gasteiger partial charge in [0.05, 0.1) is 5.56 Å². The third kappa shape index (κ3) is 3.79. The maximum Gasteiger partial charge on any atom is 0.256 e. The molecule has 0 saturated carbocycles. The number of anilines is 1. The SMILES string of the molecule is Cc1cc(C)cc(NC(=O)c2cc(Br)ccc2I)c1. The molecule has 0 bridgehead atoms. The summed E-state index contributed by atoms with van der Waals surface area (Å²) in [5.41, 5.74) is 3.78. The molecule has 0 radical (unpaired) electrons. The second-order valence-corrected chi connectivity index (χ2v) is 6.53. The van der Waals surface area contributed by atoms with Gasteiger partial charge in [-0.25, -0.2) is 0 Å². The Balaban J connectivity index is 2.28. The van der Waals surface area contributed by atoms with Crippen LogP contribution in [0.2, 0.25) is 0 Å². The maximum atomic E-state index is 12.3. The number of halogens is 2. The molecule has 0 saturated heterocycles. The van der Waals surface area contributed by atoms with Gasteiger partial charge < -0.3 is 5.32 Å². The third-order valence-electron chi connectivity index (χ3n) is 2.65. The van der Waals surface area contributed by atoms with Gasteiger partial charge in [0.1, 0.15) is 0 Å². The minimum atomic E-state index is -0.0873. The van der Waals surface area contributed by atoms with E-state index in [9.17, 15) is 4.79 Å². The molecule has 2 nitrogen and oxygen atoms in total. The summed E-state index contributed by atoms with van der Waals surface area (Å²) < 4.78 is 1.83. The molecule has 0 aliphatic heterocycles. The molecule has 1 N–H and O–H groups in total. The fraction of sp³-hybridized carbons (Fsp3) is 0.133. The van der Waals surface area contributed by atoms with Crippen LogP contribution in [0.4, 0.5) is 5.69 Å². The van der Waals surface area contributed by atoms with E-state index < -0.39 is 0 Å². The van der Waals surface area contributed by atoms with Crippen molar-refractivity contribution in [3.05, 3.63) is 61.1 Å². The molecule has 0 aromatic heterocycles. The van der Waals surface area contributed by atoms with Gasteiger partial charge in [-0.05, 0) is 77.9 Å². The Morgan fingerprint density at radius 2 is 1.74 bits per heavy atom. The van der Waals surface area contributed by atoms with Crippen molar-refractivity contribution in [1.29, 1.82) is 0 Å². The van der Waals surface area contributed by atoms with Crippen LogP contribution in [0.1, 0.15) is 21.5 Å². The highest BCUT2D eigenvalue weighted by molar-refractivity contribution is 14.1. The number of carbonyl (C=O) groups is 1. The first-order valence-electron chi connectivity index (χ1n) is 5.80. The van der Waals surface area contributed by atoms with Gasteiger partial charge in [0.15, 0.2) is 0 Å². The van der Waals surface area contributed by atoms with Crippen LogP contribution >= 0.6 is 38.5 Å². The minimum absolute atomic E-state index is 0.0873. The molecule has 4 heteroatoms. The zero-order chi connectivity index (χ0) is 14.0. The molecule has 1 amide bonds. The summed E-state index contributed by atoms with van der Waals surface area (Å²) in [6, 6.07) is 11.7. The van der Waals surface area contributed by atoms with Crippen LogP contribution in [-0.2, 0) is 0 Å². The topological polar surface area (TPSA) is 29.1 Å². The molecule has 0 aliphatic rings. The monoisotopic (exact) mass is 429 g/mol. The molecule has 98 valence electrons. The van der Waals surface area contributed by atoms with Crippen molar-refractivity contribution in [2.24, 2.45) is 0 Å². The van der Waals surface area contributed by atoms with E-state index in [-0.39, 0.29) is 5.91 Å². The summed E-state index contributed by atoms with van der Waals surface area (Å²) in [5, 5.41) is 2.94. The Bertz CT molecular complexity index is 620. The Labute approximate surface area is 134 Å². The van der Waals surface area contributed by atoms with Crippen molar-refractivity contribution in [2.75, 3.05) is 5.32 Å². The predicted octanol–water partition coefficient (Wildman–Crippen LogP) is 4.92. The largest absolute Gasteiger partial charge is 0.322 e. The van der Waals surface area contributed by atoms with Gasteiger partial charge in [0.25, 0.3) is 5.91 Å². The summed E-state index contributed by atoms with van der Waals surface area (Å²) >= 11 is 5.56. The number of hydrogen-bond donors (Lipinski definition) is 1. The van der Waals surface area contributed by atoms with E-state index in [2.05, 4.69) is 49.9 Å². The summed E-state index contributed by atoms with van der Waals surface area (Å²) in [6.07, 6.45) is 0. The Morgan fingerprint density at radius 3 is 2.37 bits per heavy atom. The van der Waals surface area contributed by atoms with Crippen molar-refractivity contribution < 1.29 is 4.79 Å². The molecular formula is C15H13BrINO. The highest BCUT2D eigenvalue weighted by Gasteiger charge is 2.11. The summed E-state index contributed by atoms with van der Waals surface area (Å²) in [7, 11) is 0. The van der Waals surface area contributed by atoms with Gasteiger partial charge in [0, 0.05) is 13.7 Å². The van der Waals surface area contributed by atoms with Crippen molar-refractivity contribution in [2.45, 2.75) is 13.8 Å². The molecule has 2 aromatic rings. The molecule has 2 rings (SSSR count). The number of aryl methyl sites for hydroxylation is 2. The molecule has 2 aromatic carbocycles. The zero-order valence-electron chi connectivity index (χ0n) is 10.6. The first kappa shape index (κ1) is 14.5. The lowest BCUT2D eigenvalue weighted by Crippen LogP contribution is -2.13. The minimum Gasteiger partial charge on any atom is -0.322 e. The van der Waals surface area contributed by atoms with E-state index in [1.807, 2.05) is 44.2 Å². The fourth-order valence-electron chi connectivity index (χ4n) is 1.92. The lowest BCUT2D eigenvalue weighted by molar-refractivity contribution is 0.102. The van der Waals surface area contributed by atoms with Gasteiger partial charge in [-0.15, -0.1) is 0 Å². The molecule has 0 heterocycles. The molecule has 0 spiro atoms. The second kappa shape index (κ2) is 6.05. The fourth-order valence-corrected chi connectivity index (χ4v) is 2.86. The van der Waals surface area contributed by atoms with Gasteiger partial charge in [-0.3, -0.25) is 4.79 Å². The Morgan fingerprint density at radius 1 is 1.11 bits per heavy atom. The van der Waals surface area contributed by atoms with Crippen LogP contribution in [0.5, 0.6) is 0 Å². The zero-order valence-corrected chi connectivity index (χ0v) is 14.4. The van der Waals surface area contributed by atoms with E-state index >= 15 is 0 Å². The van der Waals surface area contributed by atoms with Gasteiger partial charge >= 0.3 is 0 Å². The lowest BCUT2D eigenvalue weighted by Gasteiger charge is -2.09. The average Bonchev–Trinajstić information content (AvgIpc) is 2.30. The highest BCUT2D eigenvalue weighted by atomic mass is 127. The summed E-state index contributed by atoms with van der Waals surface area (Å²) in [5.74, 6) is -0.0873. The van der Waals surface area contributed by atoms with Crippen LogP contribution in [0, 0.1) is 17.4 Å². The Hall–Kier alpha value is -0.880. The van der Waals surface area contributed by atoms with E-state index in [1.165, 1.54) is 0 Å². The van der Waals surface area contributed by atoms with Gasteiger partial charge in [-0.1, -0.05) is 22.0 Å². The first-order chi connectivity index (χ1) is 8.95.